The zero-order chi connectivity index (χ0) is 14.5. The van der Waals surface area contributed by atoms with Gasteiger partial charge in [-0.1, -0.05) is 6.07 Å². The summed E-state index contributed by atoms with van der Waals surface area (Å²) in [5, 5.41) is 6.01. The minimum Gasteiger partial charge on any atom is -0.493 e. The molecule has 0 radical (unpaired) electrons. The molecule has 0 spiro atoms. The maximum atomic E-state index is 11.9. The second-order valence-corrected chi connectivity index (χ2v) is 5.06. The topological polar surface area (TPSA) is 59.6 Å². The molecule has 1 aliphatic carbocycles. The van der Waals surface area contributed by atoms with E-state index in [9.17, 15) is 4.79 Å². The Labute approximate surface area is 119 Å². The molecule has 1 fully saturated rings. The number of benzene rings is 1. The first-order valence-electron chi connectivity index (χ1n) is 6.92. The summed E-state index contributed by atoms with van der Waals surface area (Å²) >= 11 is 0. The number of nitrogens with one attached hydrogen (secondary N) is 2. The summed E-state index contributed by atoms with van der Waals surface area (Å²) in [6, 6.07) is 6.05. The summed E-state index contributed by atoms with van der Waals surface area (Å²) < 4.78 is 11.0. The molecule has 0 aliphatic heterocycles. The first-order chi connectivity index (χ1) is 9.63. The van der Waals surface area contributed by atoms with Crippen molar-refractivity contribution >= 4 is 5.91 Å². The van der Waals surface area contributed by atoms with Gasteiger partial charge in [-0.05, 0) is 44.5 Å². The maximum Gasteiger partial charge on any atom is 0.260 e. The third-order valence-corrected chi connectivity index (χ3v) is 3.21. The minimum absolute atomic E-state index is 0.0751. The molecule has 1 aromatic carbocycles. The lowest BCUT2D eigenvalue weighted by molar-refractivity contribution is -0.127. The Morgan fingerprint density at radius 3 is 2.75 bits per heavy atom. The van der Waals surface area contributed by atoms with Gasteiger partial charge in [0.25, 0.3) is 5.91 Å². The minimum atomic E-state index is -0.528. The Hall–Kier alpha value is -1.75. The smallest absolute Gasteiger partial charge is 0.260 e. The number of methoxy groups -OCH3 is 1. The Bertz CT molecular complexity index is 472. The number of amides is 1. The lowest BCUT2D eigenvalue weighted by atomic mass is 10.2. The highest BCUT2D eigenvalue weighted by molar-refractivity contribution is 5.81. The first kappa shape index (κ1) is 14.7. The molecule has 0 aromatic heterocycles. The lowest BCUT2D eigenvalue weighted by Gasteiger charge is -2.17. The van der Waals surface area contributed by atoms with E-state index in [0.29, 0.717) is 17.5 Å². The van der Waals surface area contributed by atoms with Crippen molar-refractivity contribution in [3.05, 3.63) is 23.8 Å². The van der Waals surface area contributed by atoms with Crippen LogP contribution in [0, 0.1) is 0 Å². The zero-order valence-corrected chi connectivity index (χ0v) is 12.2. The summed E-state index contributed by atoms with van der Waals surface area (Å²) in [4.78, 5) is 11.9. The van der Waals surface area contributed by atoms with Crippen LogP contribution < -0.4 is 20.1 Å². The van der Waals surface area contributed by atoms with E-state index in [0.717, 1.165) is 24.9 Å². The van der Waals surface area contributed by atoms with Gasteiger partial charge in [-0.3, -0.25) is 4.79 Å². The van der Waals surface area contributed by atoms with Gasteiger partial charge in [0, 0.05) is 12.6 Å². The number of carbonyl (C=O) groups excluding carboxylic acids is 1. The molecule has 5 heteroatoms. The van der Waals surface area contributed by atoms with Crippen molar-refractivity contribution < 1.29 is 14.3 Å². The molecule has 1 aromatic rings. The summed E-state index contributed by atoms with van der Waals surface area (Å²) in [6.07, 6.45) is 1.61. The average Bonchev–Trinajstić information content (AvgIpc) is 3.24. The lowest BCUT2D eigenvalue weighted by Crippen LogP contribution is -2.37. The Morgan fingerprint density at radius 1 is 1.40 bits per heavy atom. The standard InChI is InChI=1S/C15H22N2O3/c1-10(15(18)17-12-5-6-12)20-13-7-4-11(9-16-2)8-14(13)19-3/h4,7-8,10,12,16H,5-6,9H2,1-3H3,(H,17,18). The van der Waals surface area contributed by atoms with E-state index in [1.165, 1.54) is 0 Å². The summed E-state index contributed by atoms with van der Waals surface area (Å²) in [7, 11) is 3.49. The van der Waals surface area contributed by atoms with Crippen molar-refractivity contribution in [1.82, 2.24) is 10.6 Å². The monoisotopic (exact) mass is 278 g/mol. The number of hydrogen-bond donors (Lipinski definition) is 2. The Balaban J connectivity index is 2.01. The van der Waals surface area contributed by atoms with Crippen molar-refractivity contribution in [3.63, 3.8) is 0 Å². The van der Waals surface area contributed by atoms with Crippen molar-refractivity contribution in [2.45, 2.75) is 38.5 Å². The van der Waals surface area contributed by atoms with E-state index in [4.69, 9.17) is 9.47 Å². The van der Waals surface area contributed by atoms with Crippen molar-refractivity contribution in [1.29, 1.82) is 0 Å². The van der Waals surface area contributed by atoms with Crippen LogP contribution in [0.5, 0.6) is 11.5 Å². The molecule has 2 rings (SSSR count). The van der Waals surface area contributed by atoms with Crippen molar-refractivity contribution in [2.75, 3.05) is 14.2 Å². The van der Waals surface area contributed by atoms with Crippen LogP contribution in [0.3, 0.4) is 0 Å². The first-order valence-corrected chi connectivity index (χ1v) is 6.92. The van der Waals surface area contributed by atoms with Crippen LogP contribution in [0.25, 0.3) is 0 Å². The predicted octanol–water partition coefficient (Wildman–Crippen LogP) is 1.46. The average molecular weight is 278 g/mol. The molecule has 1 aliphatic rings. The molecule has 110 valence electrons. The van der Waals surface area contributed by atoms with Crippen LogP contribution in [0.1, 0.15) is 25.3 Å². The molecule has 2 N–H and O–H groups in total. The van der Waals surface area contributed by atoms with E-state index in [1.807, 2.05) is 25.2 Å². The fourth-order valence-electron chi connectivity index (χ4n) is 1.91. The zero-order valence-electron chi connectivity index (χ0n) is 12.2. The van der Waals surface area contributed by atoms with Crippen molar-refractivity contribution in [2.24, 2.45) is 0 Å². The number of ether oxygens (including phenoxy) is 2. The van der Waals surface area contributed by atoms with Crippen LogP contribution in [-0.4, -0.2) is 32.2 Å². The van der Waals surface area contributed by atoms with Gasteiger partial charge in [0.05, 0.1) is 7.11 Å². The van der Waals surface area contributed by atoms with E-state index >= 15 is 0 Å². The second kappa shape index (κ2) is 6.61. The highest BCUT2D eigenvalue weighted by Crippen LogP contribution is 2.29. The highest BCUT2D eigenvalue weighted by atomic mass is 16.5. The summed E-state index contributed by atoms with van der Waals surface area (Å²) in [6.45, 7) is 2.51. The van der Waals surface area contributed by atoms with Gasteiger partial charge in [-0.2, -0.15) is 0 Å². The quantitative estimate of drug-likeness (QED) is 0.793. The SMILES string of the molecule is CNCc1ccc(OC(C)C(=O)NC2CC2)c(OC)c1. The Morgan fingerprint density at radius 2 is 2.15 bits per heavy atom. The molecule has 0 bridgehead atoms. The molecule has 1 unspecified atom stereocenters. The summed E-state index contributed by atoms with van der Waals surface area (Å²) in [5.41, 5.74) is 1.10. The number of hydrogen-bond acceptors (Lipinski definition) is 4. The van der Waals surface area contributed by atoms with Crippen LogP contribution >= 0.6 is 0 Å². The van der Waals surface area contributed by atoms with E-state index in [2.05, 4.69) is 10.6 Å². The largest absolute Gasteiger partial charge is 0.493 e. The third kappa shape index (κ3) is 3.87. The summed E-state index contributed by atoms with van der Waals surface area (Å²) in [5.74, 6) is 1.16. The molecular formula is C15H22N2O3. The van der Waals surface area contributed by atoms with Gasteiger partial charge in [0.2, 0.25) is 0 Å². The predicted molar refractivity (Wildman–Crippen MR) is 77.0 cm³/mol. The molecule has 1 amide bonds. The van der Waals surface area contributed by atoms with Gasteiger partial charge in [0.1, 0.15) is 0 Å². The molecule has 5 nitrogen and oxygen atoms in total. The molecule has 1 saturated carbocycles. The maximum absolute atomic E-state index is 11.9. The van der Waals surface area contributed by atoms with Crippen LogP contribution in [0.15, 0.2) is 18.2 Å². The van der Waals surface area contributed by atoms with Gasteiger partial charge in [0.15, 0.2) is 17.6 Å². The molecule has 1 atom stereocenters. The normalized spacial score (nSPS) is 15.6. The van der Waals surface area contributed by atoms with E-state index in [-0.39, 0.29) is 5.91 Å². The highest BCUT2D eigenvalue weighted by Gasteiger charge is 2.26. The second-order valence-electron chi connectivity index (χ2n) is 5.06. The Kier molecular flexibility index (Phi) is 4.84. The molecular weight excluding hydrogens is 256 g/mol. The van der Waals surface area contributed by atoms with Crippen LogP contribution in [0.2, 0.25) is 0 Å². The fourth-order valence-corrected chi connectivity index (χ4v) is 1.91. The van der Waals surface area contributed by atoms with Crippen LogP contribution in [0.4, 0.5) is 0 Å². The molecule has 20 heavy (non-hydrogen) atoms. The third-order valence-electron chi connectivity index (χ3n) is 3.21. The number of carbonyl (C=O) groups is 1. The van der Waals surface area contributed by atoms with E-state index in [1.54, 1.807) is 14.0 Å². The molecule has 0 heterocycles. The van der Waals surface area contributed by atoms with Gasteiger partial charge >= 0.3 is 0 Å². The van der Waals surface area contributed by atoms with Crippen LogP contribution in [-0.2, 0) is 11.3 Å². The van der Waals surface area contributed by atoms with Crippen molar-refractivity contribution in [3.8, 4) is 11.5 Å². The molecule has 0 saturated heterocycles. The van der Waals surface area contributed by atoms with Gasteiger partial charge in [-0.25, -0.2) is 0 Å². The number of rotatable bonds is 7. The van der Waals surface area contributed by atoms with E-state index < -0.39 is 6.10 Å². The van der Waals surface area contributed by atoms with Gasteiger partial charge < -0.3 is 20.1 Å². The van der Waals surface area contributed by atoms with Gasteiger partial charge in [-0.15, -0.1) is 0 Å². The fraction of sp³-hybridized carbons (Fsp3) is 0.533.